The van der Waals surface area contributed by atoms with Gasteiger partial charge in [0.05, 0.1) is 12.0 Å². The lowest BCUT2D eigenvalue weighted by Crippen LogP contribution is -2.52. The third-order valence-corrected chi connectivity index (χ3v) is 6.79. The first-order valence-electron chi connectivity index (χ1n) is 8.87. The third-order valence-electron chi connectivity index (χ3n) is 6.79. The third kappa shape index (κ3) is 2.06. The van der Waals surface area contributed by atoms with Crippen LogP contribution >= 0.6 is 0 Å². The fraction of sp³-hybridized carbons (Fsp3) is 0.889. The number of carbonyl (C=O) groups is 2. The second kappa shape index (κ2) is 5.05. The molecule has 1 aliphatic heterocycles. The van der Waals surface area contributed by atoms with Crippen LogP contribution in [0.4, 0.5) is 0 Å². The summed E-state index contributed by atoms with van der Waals surface area (Å²) in [6.07, 6.45) is 6.56. The Bertz CT molecular complexity index is 493. The minimum absolute atomic E-state index is 0.109. The van der Waals surface area contributed by atoms with Gasteiger partial charge in [0.2, 0.25) is 0 Å². The van der Waals surface area contributed by atoms with Gasteiger partial charge in [-0.1, -0.05) is 13.3 Å². The van der Waals surface area contributed by atoms with Crippen molar-refractivity contribution in [1.82, 2.24) is 0 Å². The van der Waals surface area contributed by atoms with E-state index in [9.17, 15) is 9.59 Å². The number of hydrogen-bond acceptors (Lipinski definition) is 4. The molecule has 6 unspecified atom stereocenters. The first-order chi connectivity index (χ1) is 10.5. The highest BCUT2D eigenvalue weighted by molar-refractivity contribution is 5.90. The SMILES string of the molecule is CC1C2CC3C1OCC(=O)C3C2C(=O)OC1(C)CCCCC1. The Morgan fingerprint density at radius 2 is 1.95 bits per heavy atom. The molecule has 3 aliphatic carbocycles. The number of hydrogen-bond donors (Lipinski definition) is 0. The predicted octanol–water partition coefficient (Wildman–Crippen LogP) is 2.74. The van der Waals surface area contributed by atoms with E-state index < -0.39 is 0 Å². The summed E-state index contributed by atoms with van der Waals surface area (Å²) in [5.74, 6) is 0.535. The van der Waals surface area contributed by atoms with Gasteiger partial charge in [0.25, 0.3) is 0 Å². The molecule has 0 aromatic heterocycles. The van der Waals surface area contributed by atoms with Crippen molar-refractivity contribution in [3.63, 3.8) is 0 Å². The largest absolute Gasteiger partial charge is 0.459 e. The minimum atomic E-state index is -0.311. The van der Waals surface area contributed by atoms with Crippen LogP contribution in [-0.4, -0.2) is 30.1 Å². The minimum Gasteiger partial charge on any atom is -0.459 e. The number of fused-ring (bicyclic) bond motifs is 1. The van der Waals surface area contributed by atoms with E-state index in [0.717, 1.165) is 32.1 Å². The van der Waals surface area contributed by atoms with E-state index in [1.54, 1.807) is 0 Å². The number of ether oxygens (including phenoxy) is 2. The molecule has 0 radical (unpaired) electrons. The van der Waals surface area contributed by atoms with Gasteiger partial charge in [-0.3, -0.25) is 9.59 Å². The molecule has 3 saturated carbocycles. The van der Waals surface area contributed by atoms with Crippen LogP contribution in [0.25, 0.3) is 0 Å². The van der Waals surface area contributed by atoms with Gasteiger partial charge in [-0.05, 0) is 56.8 Å². The molecule has 1 heterocycles. The quantitative estimate of drug-likeness (QED) is 0.736. The Morgan fingerprint density at radius 3 is 2.68 bits per heavy atom. The van der Waals surface area contributed by atoms with Gasteiger partial charge < -0.3 is 9.47 Å². The summed E-state index contributed by atoms with van der Waals surface area (Å²) in [6.45, 7) is 4.42. The zero-order valence-electron chi connectivity index (χ0n) is 13.5. The monoisotopic (exact) mass is 306 g/mol. The average Bonchev–Trinajstić information content (AvgIpc) is 3.02. The van der Waals surface area contributed by atoms with Crippen LogP contribution in [0.5, 0.6) is 0 Å². The van der Waals surface area contributed by atoms with Crippen molar-refractivity contribution in [3.8, 4) is 0 Å². The van der Waals surface area contributed by atoms with Crippen LogP contribution in [0.2, 0.25) is 0 Å². The molecule has 4 aliphatic rings. The van der Waals surface area contributed by atoms with Gasteiger partial charge in [0, 0.05) is 5.92 Å². The molecule has 2 bridgehead atoms. The van der Waals surface area contributed by atoms with Crippen molar-refractivity contribution in [3.05, 3.63) is 0 Å². The van der Waals surface area contributed by atoms with Crippen LogP contribution < -0.4 is 0 Å². The van der Waals surface area contributed by atoms with E-state index >= 15 is 0 Å². The highest BCUT2D eigenvalue weighted by Crippen LogP contribution is 2.58. The van der Waals surface area contributed by atoms with E-state index in [1.165, 1.54) is 6.42 Å². The van der Waals surface area contributed by atoms with Crippen LogP contribution in [0.15, 0.2) is 0 Å². The molecule has 0 amide bonds. The Balaban J connectivity index is 1.54. The summed E-state index contributed by atoms with van der Waals surface area (Å²) in [5, 5.41) is 0. The number of rotatable bonds is 2. The molecule has 122 valence electrons. The normalized spacial score (nSPS) is 45.8. The number of esters is 1. The Morgan fingerprint density at radius 1 is 1.23 bits per heavy atom. The molecule has 4 rings (SSSR count). The maximum atomic E-state index is 12.9. The molecular weight excluding hydrogens is 280 g/mol. The summed E-state index contributed by atoms with van der Waals surface area (Å²) in [5.41, 5.74) is -0.311. The van der Waals surface area contributed by atoms with Crippen LogP contribution in [0.3, 0.4) is 0 Å². The summed E-state index contributed by atoms with van der Waals surface area (Å²) >= 11 is 0. The summed E-state index contributed by atoms with van der Waals surface area (Å²) in [7, 11) is 0. The first-order valence-corrected chi connectivity index (χ1v) is 8.87. The van der Waals surface area contributed by atoms with Crippen LogP contribution in [0.1, 0.15) is 52.4 Å². The lowest BCUT2D eigenvalue weighted by atomic mass is 9.70. The fourth-order valence-corrected chi connectivity index (χ4v) is 5.68. The van der Waals surface area contributed by atoms with Gasteiger partial charge in [0.15, 0.2) is 5.78 Å². The molecule has 0 aromatic carbocycles. The van der Waals surface area contributed by atoms with Gasteiger partial charge in [0.1, 0.15) is 12.2 Å². The highest BCUT2D eigenvalue weighted by atomic mass is 16.6. The van der Waals surface area contributed by atoms with Crippen molar-refractivity contribution >= 4 is 11.8 Å². The number of carbonyl (C=O) groups excluding carboxylic acids is 2. The maximum absolute atomic E-state index is 12.9. The average molecular weight is 306 g/mol. The molecule has 0 spiro atoms. The molecule has 4 nitrogen and oxygen atoms in total. The topological polar surface area (TPSA) is 52.6 Å². The molecule has 22 heavy (non-hydrogen) atoms. The van der Waals surface area contributed by atoms with Crippen molar-refractivity contribution < 1.29 is 19.1 Å². The van der Waals surface area contributed by atoms with Gasteiger partial charge in [-0.2, -0.15) is 0 Å². The van der Waals surface area contributed by atoms with Crippen LogP contribution in [-0.2, 0) is 19.1 Å². The molecule has 6 atom stereocenters. The van der Waals surface area contributed by atoms with E-state index in [-0.39, 0.29) is 53.7 Å². The number of Topliss-reactive ketones (excluding diaryl/α,β-unsaturated/α-hetero) is 1. The molecule has 4 fully saturated rings. The van der Waals surface area contributed by atoms with Crippen molar-refractivity contribution in [2.45, 2.75) is 64.1 Å². The molecule has 4 heteroatoms. The van der Waals surface area contributed by atoms with Crippen molar-refractivity contribution in [2.24, 2.45) is 29.6 Å². The zero-order valence-corrected chi connectivity index (χ0v) is 13.5. The standard InChI is InChI=1S/C18H26O4/c1-10-11-8-12-14(13(19)9-21-16(10)12)15(11)17(20)22-18(2)6-4-3-5-7-18/h10-12,14-16H,3-9H2,1-2H3. The summed E-state index contributed by atoms with van der Waals surface area (Å²) in [6, 6.07) is 0. The van der Waals surface area contributed by atoms with E-state index in [4.69, 9.17) is 9.47 Å². The van der Waals surface area contributed by atoms with Gasteiger partial charge in [-0.25, -0.2) is 0 Å². The Kier molecular flexibility index (Phi) is 3.37. The highest BCUT2D eigenvalue weighted by Gasteiger charge is 2.64. The molecular formula is C18H26O4. The predicted molar refractivity (Wildman–Crippen MR) is 80.1 cm³/mol. The molecule has 0 N–H and O–H groups in total. The second-order valence-corrected chi connectivity index (χ2v) is 8.15. The Hall–Kier alpha value is -0.900. The lowest BCUT2D eigenvalue weighted by molar-refractivity contribution is -0.181. The second-order valence-electron chi connectivity index (χ2n) is 8.15. The Labute approximate surface area is 131 Å². The van der Waals surface area contributed by atoms with Crippen molar-refractivity contribution in [1.29, 1.82) is 0 Å². The summed E-state index contributed by atoms with van der Waals surface area (Å²) < 4.78 is 11.7. The van der Waals surface area contributed by atoms with Crippen molar-refractivity contribution in [2.75, 3.05) is 6.61 Å². The van der Waals surface area contributed by atoms with Gasteiger partial charge >= 0.3 is 5.97 Å². The zero-order chi connectivity index (χ0) is 15.5. The van der Waals surface area contributed by atoms with Gasteiger partial charge in [-0.15, -0.1) is 0 Å². The smallest absolute Gasteiger partial charge is 0.310 e. The first kappa shape index (κ1) is 14.7. The van der Waals surface area contributed by atoms with E-state index in [1.807, 2.05) is 0 Å². The fourth-order valence-electron chi connectivity index (χ4n) is 5.68. The maximum Gasteiger partial charge on any atom is 0.310 e. The lowest BCUT2D eigenvalue weighted by Gasteiger charge is -2.42. The van der Waals surface area contributed by atoms with E-state index in [0.29, 0.717) is 5.92 Å². The summed E-state index contributed by atoms with van der Waals surface area (Å²) in [4.78, 5) is 25.2. The van der Waals surface area contributed by atoms with E-state index in [2.05, 4.69) is 13.8 Å². The molecule has 0 aromatic rings. The molecule has 1 saturated heterocycles. The number of ketones is 1. The van der Waals surface area contributed by atoms with Crippen LogP contribution in [0, 0.1) is 29.6 Å².